The Labute approximate surface area is 204 Å². The van der Waals surface area contributed by atoms with Crippen LogP contribution < -0.4 is 14.8 Å². The largest absolute Gasteiger partial charge is 0.478 e. The monoisotopic (exact) mass is 488 g/mol. The molecular formula is C27H24N2O5S. The number of ether oxygens (including phenoxy) is 1. The molecule has 0 atom stereocenters. The van der Waals surface area contributed by atoms with E-state index in [1.165, 1.54) is 6.07 Å². The highest BCUT2D eigenvalue weighted by molar-refractivity contribution is 7.89. The maximum atomic E-state index is 12.6. The molecule has 0 radical (unpaired) electrons. The number of sulfonamides is 1. The zero-order valence-corrected chi connectivity index (χ0v) is 19.6. The average molecular weight is 489 g/mol. The molecule has 0 amide bonds. The summed E-state index contributed by atoms with van der Waals surface area (Å²) in [6, 6.07) is 30.3. The molecule has 0 aromatic heterocycles. The standard InChI is InChI=1S/C27H24N2O5S/c28-35(32,33)25-17-22(27(30)31)16-24(26(25)34-23-14-8-3-9-15-23)29(18-20-10-4-1-5-11-20)19-21-12-6-2-7-13-21/h1-17H,18-19H2,(H,30,31)(H2,28,32,33). The third-order valence-electron chi connectivity index (χ3n) is 5.33. The molecule has 0 unspecified atom stereocenters. The Morgan fingerprint density at radius 2 is 1.29 bits per heavy atom. The summed E-state index contributed by atoms with van der Waals surface area (Å²) < 4.78 is 31.3. The van der Waals surface area contributed by atoms with E-state index in [1.54, 1.807) is 30.3 Å². The van der Waals surface area contributed by atoms with Crippen molar-refractivity contribution >= 4 is 21.7 Å². The van der Waals surface area contributed by atoms with Crippen molar-refractivity contribution in [1.29, 1.82) is 0 Å². The molecule has 178 valence electrons. The summed E-state index contributed by atoms with van der Waals surface area (Å²) in [6.07, 6.45) is 0. The number of nitrogens with zero attached hydrogens (tertiary/aromatic N) is 1. The molecule has 0 saturated heterocycles. The van der Waals surface area contributed by atoms with Gasteiger partial charge in [0.2, 0.25) is 10.0 Å². The van der Waals surface area contributed by atoms with Crippen LogP contribution >= 0.6 is 0 Å². The molecule has 7 nitrogen and oxygen atoms in total. The molecule has 0 bridgehead atoms. The van der Waals surface area contributed by atoms with Crippen LogP contribution in [0.4, 0.5) is 5.69 Å². The van der Waals surface area contributed by atoms with Gasteiger partial charge in [-0.1, -0.05) is 78.9 Å². The lowest BCUT2D eigenvalue weighted by molar-refractivity contribution is 0.0696. The number of benzene rings is 4. The van der Waals surface area contributed by atoms with E-state index in [4.69, 9.17) is 9.88 Å². The van der Waals surface area contributed by atoms with E-state index in [2.05, 4.69) is 0 Å². The first-order valence-electron chi connectivity index (χ1n) is 10.8. The summed E-state index contributed by atoms with van der Waals surface area (Å²) in [5, 5.41) is 15.3. The summed E-state index contributed by atoms with van der Waals surface area (Å²) in [6.45, 7) is 0.738. The molecule has 0 aliphatic carbocycles. The molecule has 0 heterocycles. The highest BCUT2D eigenvalue weighted by atomic mass is 32.2. The molecule has 4 aromatic carbocycles. The number of anilines is 1. The molecule has 4 aromatic rings. The summed E-state index contributed by atoms with van der Waals surface area (Å²) in [4.78, 5) is 13.4. The van der Waals surface area contributed by atoms with Gasteiger partial charge < -0.3 is 14.7 Å². The zero-order chi connectivity index (χ0) is 24.8. The molecule has 3 N–H and O–H groups in total. The third-order valence-corrected chi connectivity index (χ3v) is 6.24. The van der Waals surface area contributed by atoms with Crippen molar-refractivity contribution in [2.45, 2.75) is 18.0 Å². The van der Waals surface area contributed by atoms with Crippen molar-refractivity contribution in [3.63, 3.8) is 0 Å². The fourth-order valence-corrected chi connectivity index (χ4v) is 4.40. The van der Waals surface area contributed by atoms with E-state index in [1.807, 2.05) is 65.6 Å². The Morgan fingerprint density at radius 3 is 1.74 bits per heavy atom. The fourth-order valence-electron chi connectivity index (χ4n) is 3.70. The maximum absolute atomic E-state index is 12.6. The van der Waals surface area contributed by atoms with Crippen LogP contribution in [0.1, 0.15) is 21.5 Å². The fraction of sp³-hybridized carbons (Fsp3) is 0.0741. The van der Waals surface area contributed by atoms with Gasteiger partial charge in [0.15, 0.2) is 5.75 Å². The Morgan fingerprint density at radius 1 is 0.800 bits per heavy atom. The minimum absolute atomic E-state index is 0.0319. The SMILES string of the molecule is NS(=O)(=O)c1cc(C(=O)O)cc(N(Cc2ccccc2)Cc2ccccc2)c1Oc1ccccc1. The second-order valence-electron chi connectivity index (χ2n) is 7.92. The molecule has 8 heteroatoms. The van der Waals surface area contributed by atoms with Crippen LogP contribution in [0.5, 0.6) is 11.5 Å². The predicted molar refractivity (Wildman–Crippen MR) is 134 cm³/mol. The van der Waals surface area contributed by atoms with Crippen LogP contribution in [0.25, 0.3) is 0 Å². The maximum Gasteiger partial charge on any atom is 0.335 e. The first kappa shape index (κ1) is 24.0. The number of nitrogens with two attached hydrogens (primary N) is 1. The number of primary sulfonamides is 1. The Kier molecular flexibility index (Phi) is 7.14. The van der Waals surface area contributed by atoms with E-state index >= 15 is 0 Å². The van der Waals surface area contributed by atoms with Crippen LogP contribution in [0, 0.1) is 0 Å². The Bertz CT molecular complexity index is 1370. The topological polar surface area (TPSA) is 110 Å². The molecule has 0 aliphatic rings. The number of hydrogen-bond acceptors (Lipinski definition) is 5. The molecule has 0 saturated carbocycles. The molecular weight excluding hydrogens is 464 g/mol. The lowest BCUT2D eigenvalue weighted by atomic mass is 10.1. The predicted octanol–water partition coefficient (Wildman–Crippen LogP) is 5.03. The Hall–Kier alpha value is -4.14. The normalized spacial score (nSPS) is 11.1. The highest BCUT2D eigenvalue weighted by Gasteiger charge is 2.26. The molecule has 0 fully saturated rings. The minimum atomic E-state index is -4.33. The van der Waals surface area contributed by atoms with Gasteiger partial charge in [-0.05, 0) is 35.4 Å². The van der Waals surface area contributed by atoms with Crippen LogP contribution in [0.15, 0.2) is 108 Å². The van der Waals surface area contributed by atoms with Gasteiger partial charge in [0, 0.05) is 13.1 Å². The molecule has 0 aliphatic heterocycles. The number of aromatic carboxylic acids is 1. The summed E-state index contributed by atoms with van der Waals surface area (Å²) >= 11 is 0. The summed E-state index contributed by atoms with van der Waals surface area (Å²) in [5.74, 6) is -0.918. The van der Waals surface area contributed by atoms with Gasteiger partial charge in [-0.15, -0.1) is 0 Å². The first-order chi connectivity index (χ1) is 16.8. The minimum Gasteiger partial charge on any atom is -0.478 e. The van der Waals surface area contributed by atoms with Crippen molar-refractivity contribution in [2.24, 2.45) is 5.14 Å². The van der Waals surface area contributed by atoms with Gasteiger partial charge in [-0.3, -0.25) is 0 Å². The van der Waals surface area contributed by atoms with Gasteiger partial charge in [-0.2, -0.15) is 0 Å². The van der Waals surface area contributed by atoms with Crippen molar-refractivity contribution in [2.75, 3.05) is 4.90 Å². The van der Waals surface area contributed by atoms with E-state index in [9.17, 15) is 18.3 Å². The Balaban J connectivity index is 1.94. The number of rotatable bonds is 9. The number of carboxylic acids is 1. The van der Waals surface area contributed by atoms with Crippen molar-refractivity contribution < 1.29 is 23.1 Å². The van der Waals surface area contributed by atoms with Crippen molar-refractivity contribution in [1.82, 2.24) is 0 Å². The second kappa shape index (κ2) is 10.4. The van der Waals surface area contributed by atoms with E-state index in [-0.39, 0.29) is 11.3 Å². The number of carbonyl (C=O) groups is 1. The average Bonchev–Trinajstić information content (AvgIpc) is 2.85. The van der Waals surface area contributed by atoms with Gasteiger partial charge >= 0.3 is 5.97 Å². The van der Waals surface area contributed by atoms with Gasteiger partial charge in [0.1, 0.15) is 10.6 Å². The van der Waals surface area contributed by atoms with Gasteiger partial charge in [0.25, 0.3) is 0 Å². The lowest BCUT2D eigenvalue weighted by Crippen LogP contribution is -2.24. The summed E-state index contributed by atoms with van der Waals surface area (Å²) in [7, 11) is -4.33. The lowest BCUT2D eigenvalue weighted by Gasteiger charge is -2.28. The smallest absolute Gasteiger partial charge is 0.335 e. The quantitative estimate of drug-likeness (QED) is 0.342. The van der Waals surface area contributed by atoms with E-state index in [0.717, 1.165) is 17.2 Å². The van der Waals surface area contributed by atoms with Gasteiger partial charge in [0.05, 0.1) is 11.3 Å². The zero-order valence-electron chi connectivity index (χ0n) is 18.7. The molecule has 4 rings (SSSR count). The number of carboxylic acid groups (broad SMARTS) is 1. The van der Waals surface area contributed by atoms with Crippen molar-refractivity contribution in [3.05, 3.63) is 120 Å². The van der Waals surface area contributed by atoms with E-state index in [0.29, 0.717) is 24.5 Å². The molecule has 0 spiro atoms. The first-order valence-corrected chi connectivity index (χ1v) is 12.4. The van der Waals surface area contributed by atoms with Gasteiger partial charge in [-0.25, -0.2) is 18.4 Å². The van der Waals surface area contributed by atoms with Crippen LogP contribution in [0.3, 0.4) is 0 Å². The van der Waals surface area contributed by atoms with Crippen molar-refractivity contribution in [3.8, 4) is 11.5 Å². The van der Waals surface area contributed by atoms with E-state index < -0.39 is 20.9 Å². The molecule has 35 heavy (non-hydrogen) atoms. The third kappa shape index (κ3) is 6.06. The van der Waals surface area contributed by atoms with Crippen LogP contribution in [0.2, 0.25) is 0 Å². The van der Waals surface area contributed by atoms with Crippen LogP contribution in [-0.4, -0.2) is 19.5 Å². The van der Waals surface area contributed by atoms with Crippen LogP contribution in [-0.2, 0) is 23.1 Å². The second-order valence-corrected chi connectivity index (χ2v) is 9.45. The number of hydrogen-bond donors (Lipinski definition) is 2. The highest BCUT2D eigenvalue weighted by Crippen LogP contribution is 2.40. The summed E-state index contributed by atoms with van der Waals surface area (Å²) in [5.41, 5.74) is 1.99. The number of para-hydroxylation sites is 1.